The summed E-state index contributed by atoms with van der Waals surface area (Å²) in [6.45, 7) is -0.408. The highest BCUT2D eigenvalue weighted by molar-refractivity contribution is 9.10. The van der Waals surface area contributed by atoms with Gasteiger partial charge in [-0.3, -0.25) is 9.10 Å². The van der Waals surface area contributed by atoms with Crippen LogP contribution in [-0.2, 0) is 14.8 Å². The molecule has 0 aromatic heterocycles. The molecule has 0 atom stereocenters. The average Bonchev–Trinajstić information content (AvgIpc) is 2.58. The predicted octanol–water partition coefficient (Wildman–Crippen LogP) is 2.87. The van der Waals surface area contributed by atoms with Gasteiger partial charge in [-0.1, -0.05) is 22.0 Å². The number of carbonyl (C=O) groups is 1. The molecular formula is C17H19BrN2O5S. The fourth-order valence-electron chi connectivity index (χ4n) is 2.27. The molecule has 0 radical (unpaired) electrons. The summed E-state index contributed by atoms with van der Waals surface area (Å²) in [7, 11) is -0.851. The van der Waals surface area contributed by atoms with Gasteiger partial charge in [-0.15, -0.1) is 0 Å². The maximum atomic E-state index is 12.4. The quantitative estimate of drug-likeness (QED) is 0.712. The van der Waals surface area contributed by atoms with E-state index in [1.54, 1.807) is 30.3 Å². The van der Waals surface area contributed by atoms with Crippen LogP contribution in [0.3, 0.4) is 0 Å². The van der Waals surface area contributed by atoms with Crippen LogP contribution in [0, 0.1) is 0 Å². The van der Waals surface area contributed by atoms with Crippen LogP contribution in [0.25, 0.3) is 0 Å². The van der Waals surface area contributed by atoms with E-state index in [4.69, 9.17) is 9.47 Å². The van der Waals surface area contributed by atoms with E-state index in [-0.39, 0.29) is 5.69 Å². The van der Waals surface area contributed by atoms with E-state index in [1.165, 1.54) is 20.3 Å². The molecule has 0 aliphatic rings. The first-order chi connectivity index (χ1) is 12.2. The van der Waals surface area contributed by atoms with E-state index in [0.29, 0.717) is 17.2 Å². The van der Waals surface area contributed by atoms with Gasteiger partial charge in [0.05, 0.1) is 26.2 Å². The molecule has 2 aromatic rings. The van der Waals surface area contributed by atoms with E-state index >= 15 is 0 Å². The van der Waals surface area contributed by atoms with Gasteiger partial charge in [0.2, 0.25) is 15.9 Å². The van der Waals surface area contributed by atoms with Gasteiger partial charge in [-0.25, -0.2) is 8.42 Å². The number of carbonyl (C=O) groups excluding carboxylic acids is 1. The zero-order chi connectivity index (χ0) is 19.3. The molecule has 2 aromatic carbocycles. The van der Waals surface area contributed by atoms with E-state index < -0.39 is 22.5 Å². The van der Waals surface area contributed by atoms with Crippen LogP contribution in [0.15, 0.2) is 46.9 Å². The number of anilines is 2. The van der Waals surface area contributed by atoms with Crippen molar-refractivity contribution in [2.45, 2.75) is 0 Å². The Bertz CT molecular complexity index is 902. The molecule has 26 heavy (non-hydrogen) atoms. The Morgan fingerprint density at radius 1 is 1.15 bits per heavy atom. The zero-order valence-electron chi connectivity index (χ0n) is 14.5. The molecule has 0 fully saturated rings. The number of hydrogen-bond donors (Lipinski definition) is 1. The lowest BCUT2D eigenvalue weighted by Gasteiger charge is -2.24. The Morgan fingerprint density at radius 2 is 1.88 bits per heavy atom. The van der Waals surface area contributed by atoms with Crippen molar-refractivity contribution in [1.29, 1.82) is 0 Å². The molecule has 2 rings (SSSR count). The molecule has 9 heteroatoms. The third kappa shape index (κ3) is 5.12. The average molecular weight is 443 g/mol. The molecule has 7 nitrogen and oxygen atoms in total. The highest BCUT2D eigenvalue weighted by Gasteiger charge is 2.24. The summed E-state index contributed by atoms with van der Waals surface area (Å²) in [5, 5.41) is 2.67. The van der Waals surface area contributed by atoms with Crippen molar-refractivity contribution in [2.75, 3.05) is 36.6 Å². The number of ether oxygens (including phenoxy) is 2. The molecule has 0 heterocycles. The zero-order valence-corrected chi connectivity index (χ0v) is 16.9. The van der Waals surface area contributed by atoms with Crippen LogP contribution < -0.4 is 19.1 Å². The lowest BCUT2D eigenvalue weighted by Crippen LogP contribution is -2.37. The maximum absolute atomic E-state index is 12.4. The minimum Gasteiger partial charge on any atom is -0.497 e. The number of halogens is 1. The van der Waals surface area contributed by atoms with Gasteiger partial charge in [-0.2, -0.15) is 0 Å². The summed E-state index contributed by atoms with van der Waals surface area (Å²) in [6.07, 6.45) is 1.03. The molecule has 0 saturated carbocycles. The molecular weight excluding hydrogens is 424 g/mol. The summed E-state index contributed by atoms with van der Waals surface area (Å²) in [5.41, 5.74) is 0.772. The van der Waals surface area contributed by atoms with E-state index in [0.717, 1.165) is 15.0 Å². The number of nitrogens with one attached hydrogen (secondary N) is 1. The standard InChI is InChI=1S/C17H19BrN2O5S/c1-24-14-7-8-16(25-2)15(10-14)20(26(3,22)23)11-17(21)19-13-6-4-5-12(18)9-13/h4-10H,11H2,1-3H3,(H,19,21). The first kappa shape index (κ1) is 20.1. The second kappa shape index (κ2) is 8.41. The third-order valence-electron chi connectivity index (χ3n) is 3.45. The van der Waals surface area contributed by atoms with E-state index in [9.17, 15) is 13.2 Å². The van der Waals surface area contributed by atoms with Crippen LogP contribution in [0.4, 0.5) is 11.4 Å². The van der Waals surface area contributed by atoms with Crippen LogP contribution in [-0.4, -0.2) is 41.3 Å². The van der Waals surface area contributed by atoms with Gasteiger partial charge < -0.3 is 14.8 Å². The Hall–Kier alpha value is -2.26. The monoisotopic (exact) mass is 442 g/mol. The first-order valence-electron chi connectivity index (χ1n) is 7.49. The molecule has 0 bridgehead atoms. The van der Waals surface area contributed by atoms with Crippen LogP contribution >= 0.6 is 15.9 Å². The molecule has 0 aliphatic carbocycles. The molecule has 0 saturated heterocycles. The highest BCUT2D eigenvalue weighted by atomic mass is 79.9. The van der Waals surface area contributed by atoms with Gasteiger partial charge in [0, 0.05) is 16.2 Å². The van der Waals surface area contributed by atoms with Crippen molar-refractivity contribution in [3.05, 3.63) is 46.9 Å². The second-order valence-electron chi connectivity index (χ2n) is 5.37. The van der Waals surface area contributed by atoms with Crippen molar-refractivity contribution < 1.29 is 22.7 Å². The molecule has 0 spiro atoms. The molecule has 1 N–H and O–H groups in total. The molecule has 0 unspecified atom stereocenters. The molecule has 1 amide bonds. The number of sulfonamides is 1. The predicted molar refractivity (Wildman–Crippen MR) is 105 cm³/mol. The summed E-state index contributed by atoms with van der Waals surface area (Å²) < 4.78 is 36.7. The van der Waals surface area contributed by atoms with Gasteiger partial charge in [-0.05, 0) is 30.3 Å². The lowest BCUT2D eigenvalue weighted by molar-refractivity contribution is -0.114. The van der Waals surface area contributed by atoms with E-state index in [1.807, 2.05) is 6.07 Å². The number of benzene rings is 2. The largest absolute Gasteiger partial charge is 0.497 e. The second-order valence-corrected chi connectivity index (χ2v) is 8.19. The van der Waals surface area contributed by atoms with Crippen LogP contribution in [0.5, 0.6) is 11.5 Å². The van der Waals surface area contributed by atoms with Gasteiger partial charge in [0.15, 0.2) is 0 Å². The normalized spacial score (nSPS) is 10.9. The Morgan fingerprint density at radius 3 is 2.46 bits per heavy atom. The summed E-state index contributed by atoms with van der Waals surface area (Å²) in [6, 6.07) is 11.7. The van der Waals surface area contributed by atoms with Crippen molar-refractivity contribution >= 4 is 43.2 Å². The summed E-state index contributed by atoms with van der Waals surface area (Å²) in [4.78, 5) is 12.4. The van der Waals surface area contributed by atoms with Crippen molar-refractivity contribution in [3.8, 4) is 11.5 Å². The fourth-order valence-corrected chi connectivity index (χ4v) is 3.52. The maximum Gasteiger partial charge on any atom is 0.245 e. The molecule has 0 aliphatic heterocycles. The Balaban J connectivity index is 2.33. The minimum absolute atomic E-state index is 0.221. The first-order valence-corrected chi connectivity index (χ1v) is 10.1. The number of nitrogens with zero attached hydrogens (tertiary/aromatic N) is 1. The Kier molecular flexibility index (Phi) is 6.49. The van der Waals surface area contributed by atoms with Crippen molar-refractivity contribution in [2.24, 2.45) is 0 Å². The van der Waals surface area contributed by atoms with Crippen LogP contribution in [0.2, 0.25) is 0 Å². The number of hydrogen-bond acceptors (Lipinski definition) is 5. The molecule has 140 valence electrons. The van der Waals surface area contributed by atoms with E-state index in [2.05, 4.69) is 21.2 Å². The Labute approximate surface area is 161 Å². The van der Waals surface area contributed by atoms with Crippen molar-refractivity contribution in [3.63, 3.8) is 0 Å². The minimum atomic E-state index is -3.74. The topological polar surface area (TPSA) is 84.9 Å². The van der Waals surface area contributed by atoms with Crippen molar-refractivity contribution in [1.82, 2.24) is 0 Å². The highest BCUT2D eigenvalue weighted by Crippen LogP contribution is 2.33. The number of methoxy groups -OCH3 is 2. The van der Waals surface area contributed by atoms with Gasteiger partial charge in [0.1, 0.15) is 18.0 Å². The summed E-state index contributed by atoms with van der Waals surface area (Å²) in [5.74, 6) is 0.270. The smallest absolute Gasteiger partial charge is 0.245 e. The van der Waals surface area contributed by atoms with Gasteiger partial charge in [0.25, 0.3) is 0 Å². The third-order valence-corrected chi connectivity index (χ3v) is 5.07. The lowest BCUT2D eigenvalue weighted by atomic mass is 10.2. The van der Waals surface area contributed by atoms with Crippen LogP contribution in [0.1, 0.15) is 0 Å². The summed E-state index contributed by atoms with van der Waals surface area (Å²) >= 11 is 3.32. The number of amides is 1. The SMILES string of the molecule is COc1ccc(OC)c(N(CC(=O)Nc2cccc(Br)c2)S(C)(=O)=O)c1. The fraction of sp³-hybridized carbons (Fsp3) is 0.235. The van der Waals surface area contributed by atoms with Gasteiger partial charge >= 0.3 is 0 Å². The number of rotatable bonds is 7.